The lowest BCUT2D eigenvalue weighted by Crippen LogP contribution is -2.13. The number of hydrogen-bond donors (Lipinski definition) is 2. The Hall–Kier alpha value is -4.05. The lowest BCUT2D eigenvalue weighted by Gasteiger charge is -2.08. The van der Waals surface area contributed by atoms with Crippen molar-refractivity contribution in [3.63, 3.8) is 0 Å². The molecule has 0 aliphatic rings. The van der Waals surface area contributed by atoms with Crippen molar-refractivity contribution in [2.75, 3.05) is 10.6 Å². The molecule has 0 aliphatic heterocycles. The Bertz CT molecular complexity index is 1130. The van der Waals surface area contributed by atoms with Gasteiger partial charge in [0, 0.05) is 29.7 Å². The second kappa shape index (κ2) is 8.97. The molecule has 0 spiro atoms. The number of amides is 2. The van der Waals surface area contributed by atoms with Gasteiger partial charge in [0.15, 0.2) is 0 Å². The molecular weight excluding hydrogens is 380 g/mol. The van der Waals surface area contributed by atoms with E-state index in [1.54, 1.807) is 36.6 Å². The third kappa shape index (κ3) is 4.86. The molecule has 2 amide bonds. The summed E-state index contributed by atoms with van der Waals surface area (Å²) in [5.41, 5.74) is 3.88. The Morgan fingerprint density at radius 3 is 2.37 bits per heavy atom. The first-order valence-corrected chi connectivity index (χ1v) is 9.37. The summed E-state index contributed by atoms with van der Waals surface area (Å²) in [6.45, 7) is 5.91. The third-order valence-electron chi connectivity index (χ3n) is 4.63. The van der Waals surface area contributed by atoms with Crippen LogP contribution >= 0.6 is 0 Å². The molecule has 0 saturated heterocycles. The molecule has 3 aromatic rings. The molecule has 0 atom stereocenters. The lowest BCUT2D eigenvalue weighted by molar-refractivity contribution is -0.114. The SMILES string of the molecule is CC(=O)Nc1ccc(NC(=O)/C(C#N)=C/c2cc(C)n(Cc3ccco3)c2C)cc1. The number of hydrogen-bond acceptors (Lipinski definition) is 4. The van der Waals surface area contributed by atoms with E-state index in [-0.39, 0.29) is 11.5 Å². The van der Waals surface area contributed by atoms with Gasteiger partial charge in [-0.05, 0) is 68.0 Å². The molecule has 0 unspecified atom stereocenters. The van der Waals surface area contributed by atoms with Crippen molar-refractivity contribution in [2.24, 2.45) is 0 Å². The van der Waals surface area contributed by atoms with Crippen molar-refractivity contribution in [1.82, 2.24) is 4.57 Å². The quantitative estimate of drug-likeness (QED) is 0.475. The molecule has 2 heterocycles. The topological polar surface area (TPSA) is 100 Å². The van der Waals surface area contributed by atoms with E-state index in [2.05, 4.69) is 15.2 Å². The fourth-order valence-electron chi connectivity index (χ4n) is 3.12. The summed E-state index contributed by atoms with van der Waals surface area (Å²) in [6.07, 6.45) is 3.22. The number of carbonyl (C=O) groups excluding carboxylic acids is 2. The van der Waals surface area contributed by atoms with Gasteiger partial charge in [-0.3, -0.25) is 9.59 Å². The molecule has 2 aromatic heterocycles. The summed E-state index contributed by atoms with van der Waals surface area (Å²) in [5.74, 6) is 0.153. The largest absolute Gasteiger partial charge is 0.467 e. The Morgan fingerprint density at radius 1 is 1.13 bits per heavy atom. The summed E-state index contributed by atoms with van der Waals surface area (Å²) >= 11 is 0. The van der Waals surface area contributed by atoms with Crippen LogP contribution in [0.2, 0.25) is 0 Å². The van der Waals surface area contributed by atoms with Gasteiger partial charge < -0.3 is 19.6 Å². The second-order valence-electron chi connectivity index (χ2n) is 6.87. The number of aryl methyl sites for hydroxylation is 1. The van der Waals surface area contributed by atoms with Crippen molar-refractivity contribution < 1.29 is 14.0 Å². The van der Waals surface area contributed by atoms with Crippen LogP contribution in [0.25, 0.3) is 6.08 Å². The lowest BCUT2D eigenvalue weighted by atomic mass is 10.1. The summed E-state index contributed by atoms with van der Waals surface area (Å²) in [7, 11) is 0. The van der Waals surface area contributed by atoms with Gasteiger partial charge >= 0.3 is 0 Å². The van der Waals surface area contributed by atoms with E-state index in [1.807, 2.05) is 38.1 Å². The Balaban J connectivity index is 1.77. The zero-order valence-electron chi connectivity index (χ0n) is 17.0. The van der Waals surface area contributed by atoms with E-state index in [9.17, 15) is 14.9 Å². The monoisotopic (exact) mass is 402 g/mol. The first kappa shape index (κ1) is 20.7. The van der Waals surface area contributed by atoms with Gasteiger partial charge in [0.05, 0.1) is 12.8 Å². The molecule has 0 radical (unpaired) electrons. The summed E-state index contributed by atoms with van der Waals surface area (Å²) in [6, 6.07) is 14.3. The Morgan fingerprint density at radius 2 is 1.80 bits per heavy atom. The smallest absolute Gasteiger partial charge is 0.266 e. The Labute approximate surface area is 174 Å². The molecule has 30 heavy (non-hydrogen) atoms. The summed E-state index contributed by atoms with van der Waals surface area (Å²) < 4.78 is 7.49. The molecule has 3 rings (SSSR count). The molecule has 152 valence electrons. The van der Waals surface area contributed by atoms with E-state index >= 15 is 0 Å². The summed E-state index contributed by atoms with van der Waals surface area (Å²) in [5, 5.41) is 14.9. The molecule has 0 aliphatic carbocycles. The van der Waals surface area contributed by atoms with E-state index in [0.717, 1.165) is 22.7 Å². The van der Waals surface area contributed by atoms with Crippen molar-refractivity contribution >= 4 is 29.3 Å². The van der Waals surface area contributed by atoms with Crippen molar-refractivity contribution in [2.45, 2.75) is 27.3 Å². The first-order valence-electron chi connectivity index (χ1n) is 9.37. The highest BCUT2D eigenvalue weighted by atomic mass is 16.3. The Kier molecular flexibility index (Phi) is 6.18. The van der Waals surface area contributed by atoms with Crippen LogP contribution in [-0.2, 0) is 16.1 Å². The number of nitriles is 1. The fourth-order valence-corrected chi connectivity index (χ4v) is 3.12. The van der Waals surface area contributed by atoms with Gasteiger partial charge in [0.1, 0.15) is 17.4 Å². The molecule has 1 aromatic carbocycles. The van der Waals surface area contributed by atoms with Crippen molar-refractivity contribution in [1.29, 1.82) is 5.26 Å². The third-order valence-corrected chi connectivity index (χ3v) is 4.63. The number of benzene rings is 1. The van der Waals surface area contributed by atoms with Crippen LogP contribution in [0, 0.1) is 25.2 Å². The molecule has 7 nitrogen and oxygen atoms in total. The van der Waals surface area contributed by atoms with Gasteiger partial charge in [0.25, 0.3) is 5.91 Å². The number of furan rings is 1. The van der Waals surface area contributed by atoms with Crippen LogP contribution in [0.1, 0.15) is 29.6 Å². The van der Waals surface area contributed by atoms with Gasteiger partial charge in [-0.1, -0.05) is 0 Å². The molecule has 0 fully saturated rings. The molecule has 0 saturated carbocycles. The van der Waals surface area contributed by atoms with Gasteiger partial charge in [-0.15, -0.1) is 0 Å². The minimum atomic E-state index is -0.499. The van der Waals surface area contributed by atoms with Crippen LogP contribution in [0.4, 0.5) is 11.4 Å². The highest BCUT2D eigenvalue weighted by Crippen LogP contribution is 2.21. The van der Waals surface area contributed by atoms with E-state index in [0.29, 0.717) is 17.9 Å². The maximum atomic E-state index is 12.6. The maximum Gasteiger partial charge on any atom is 0.266 e. The van der Waals surface area contributed by atoms with Crippen LogP contribution in [0.15, 0.2) is 58.7 Å². The molecule has 7 heteroatoms. The van der Waals surface area contributed by atoms with Crippen LogP contribution in [0.3, 0.4) is 0 Å². The van der Waals surface area contributed by atoms with E-state index in [1.165, 1.54) is 6.92 Å². The average Bonchev–Trinajstić information content (AvgIpc) is 3.31. The highest BCUT2D eigenvalue weighted by Gasteiger charge is 2.14. The van der Waals surface area contributed by atoms with E-state index in [4.69, 9.17) is 4.42 Å². The number of rotatable bonds is 6. The standard InChI is InChI=1S/C23H22N4O3/c1-15-11-18(16(2)27(15)14-22-5-4-10-30-22)12-19(13-24)23(29)26-21-8-6-20(7-9-21)25-17(3)28/h4-12H,14H2,1-3H3,(H,25,28)(H,26,29)/b19-12+. The van der Waals surface area contributed by atoms with Gasteiger partial charge in [-0.2, -0.15) is 5.26 Å². The zero-order valence-corrected chi connectivity index (χ0v) is 17.0. The maximum absolute atomic E-state index is 12.6. The van der Waals surface area contributed by atoms with Crippen LogP contribution < -0.4 is 10.6 Å². The number of carbonyl (C=O) groups is 2. The van der Waals surface area contributed by atoms with Gasteiger partial charge in [-0.25, -0.2) is 0 Å². The predicted molar refractivity (Wildman–Crippen MR) is 115 cm³/mol. The zero-order chi connectivity index (χ0) is 21.7. The van der Waals surface area contributed by atoms with E-state index < -0.39 is 5.91 Å². The number of nitrogens with zero attached hydrogens (tertiary/aromatic N) is 2. The highest BCUT2D eigenvalue weighted by molar-refractivity contribution is 6.09. The number of nitrogens with one attached hydrogen (secondary N) is 2. The number of anilines is 2. The normalized spacial score (nSPS) is 11.1. The summed E-state index contributed by atoms with van der Waals surface area (Å²) in [4.78, 5) is 23.7. The van der Waals surface area contributed by atoms with Gasteiger partial charge in [0.2, 0.25) is 5.91 Å². The molecular formula is C23H22N4O3. The van der Waals surface area contributed by atoms with Crippen LogP contribution in [-0.4, -0.2) is 16.4 Å². The van der Waals surface area contributed by atoms with Crippen LogP contribution in [0.5, 0.6) is 0 Å². The first-order chi connectivity index (χ1) is 14.4. The number of aromatic nitrogens is 1. The second-order valence-corrected chi connectivity index (χ2v) is 6.87. The molecule has 0 bridgehead atoms. The molecule has 2 N–H and O–H groups in total. The predicted octanol–water partition coefficient (Wildman–Crippen LogP) is 4.25. The van der Waals surface area contributed by atoms with Crippen molar-refractivity contribution in [3.05, 3.63) is 77.0 Å². The average molecular weight is 402 g/mol. The minimum absolute atomic E-state index is 0.000754. The van der Waals surface area contributed by atoms with Crippen molar-refractivity contribution in [3.8, 4) is 6.07 Å². The fraction of sp³-hybridized carbons (Fsp3) is 0.174. The minimum Gasteiger partial charge on any atom is -0.467 e.